The van der Waals surface area contributed by atoms with Crippen LogP contribution in [0.25, 0.3) is 6.08 Å². The van der Waals surface area contributed by atoms with Gasteiger partial charge in [0.1, 0.15) is 0 Å². The highest BCUT2D eigenvalue weighted by atomic mass is 32.1. The SMILES string of the molecule is C[C@@H]1NC(=O)N[C@@H]1CCCCCC(=O)N1CCC2(CCN(C(=O)/C=C/c3ccsc3)CC2)C1. The highest BCUT2D eigenvalue weighted by Gasteiger charge is 2.42. The second-order valence-corrected chi connectivity index (χ2v) is 10.7. The summed E-state index contributed by atoms with van der Waals surface area (Å²) in [5.41, 5.74) is 1.26. The second-order valence-electron chi connectivity index (χ2n) is 9.89. The Morgan fingerprint density at radius 1 is 1.12 bits per heavy atom. The molecule has 4 amide bonds. The van der Waals surface area contributed by atoms with Crippen LogP contribution in [0.1, 0.15) is 63.9 Å². The van der Waals surface area contributed by atoms with Crippen LogP contribution in [0.2, 0.25) is 0 Å². The quantitative estimate of drug-likeness (QED) is 0.448. The van der Waals surface area contributed by atoms with Crippen molar-refractivity contribution in [2.45, 2.75) is 70.4 Å². The van der Waals surface area contributed by atoms with Gasteiger partial charge in [-0.3, -0.25) is 9.59 Å². The third-order valence-corrected chi connectivity index (χ3v) is 8.27. The topological polar surface area (TPSA) is 81.8 Å². The maximum atomic E-state index is 12.7. The summed E-state index contributed by atoms with van der Waals surface area (Å²) in [6.45, 7) is 5.27. The van der Waals surface area contributed by atoms with E-state index in [1.165, 1.54) is 0 Å². The smallest absolute Gasteiger partial charge is 0.315 e. The van der Waals surface area contributed by atoms with Crippen LogP contribution in [0.3, 0.4) is 0 Å². The molecule has 8 heteroatoms. The van der Waals surface area contributed by atoms with E-state index in [1.807, 2.05) is 34.7 Å². The van der Waals surface area contributed by atoms with Crippen molar-refractivity contribution in [1.82, 2.24) is 20.4 Å². The number of hydrogen-bond acceptors (Lipinski definition) is 4. The Morgan fingerprint density at radius 2 is 1.88 bits per heavy atom. The summed E-state index contributed by atoms with van der Waals surface area (Å²) < 4.78 is 0. The number of nitrogens with one attached hydrogen (secondary N) is 2. The van der Waals surface area contributed by atoms with Gasteiger partial charge >= 0.3 is 6.03 Å². The summed E-state index contributed by atoms with van der Waals surface area (Å²) in [6.07, 6.45) is 11.1. The van der Waals surface area contributed by atoms with Crippen LogP contribution < -0.4 is 10.6 Å². The molecule has 3 aliphatic heterocycles. The predicted octanol–water partition coefficient (Wildman–Crippen LogP) is 3.62. The molecular weight excluding hydrogens is 436 g/mol. The minimum Gasteiger partial charge on any atom is -0.342 e. The molecule has 3 fully saturated rings. The fourth-order valence-electron chi connectivity index (χ4n) is 5.34. The van der Waals surface area contributed by atoms with Gasteiger partial charge in [0.15, 0.2) is 0 Å². The zero-order chi connectivity index (χ0) is 23.3. The van der Waals surface area contributed by atoms with Gasteiger partial charge in [0, 0.05) is 44.7 Å². The lowest BCUT2D eigenvalue weighted by Crippen LogP contribution is -2.44. The molecule has 2 N–H and O–H groups in total. The molecule has 3 aliphatic rings. The van der Waals surface area contributed by atoms with Crippen LogP contribution in [-0.4, -0.2) is 65.9 Å². The van der Waals surface area contributed by atoms with Gasteiger partial charge in [-0.25, -0.2) is 4.79 Å². The molecule has 1 aromatic rings. The number of urea groups is 1. The Bertz CT molecular complexity index is 861. The van der Waals surface area contributed by atoms with Crippen molar-refractivity contribution >= 4 is 35.3 Å². The van der Waals surface area contributed by atoms with Crippen LogP contribution in [0.5, 0.6) is 0 Å². The third-order valence-electron chi connectivity index (χ3n) is 7.57. The summed E-state index contributed by atoms with van der Waals surface area (Å²) >= 11 is 1.63. The average Bonchev–Trinajstić information content (AvgIpc) is 3.53. The normalized spacial score (nSPS) is 24.5. The fourth-order valence-corrected chi connectivity index (χ4v) is 5.97. The van der Waals surface area contributed by atoms with Gasteiger partial charge in [-0.15, -0.1) is 0 Å². The number of hydrogen-bond donors (Lipinski definition) is 2. The molecule has 0 bridgehead atoms. The standard InChI is InChI=1S/C25H36N4O3S/c1-19-21(27-24(32)26-19)5-3-2-4-6-22(30)29-15-12-25(18-29)10-13-28(14-11-25)23(31)8-7-20-9-16-33-17-20/h7-9,16-17,19,21H,2-6,10-15,18H2,1H3,(H2,26,27,32)/b8-7+/t19-,21+/m0/s1. The van der Waals surface area contributed by atoms with Gasteiger partial charge in [-0.1, -0.05) is 12.8 Å². The van der Waals surface area contributed by atoms with E-state index in [9.17, 15) is 14.4 Å². The van der Waals surface area contributed by atoms with Gasteiger partial charge in [0.05, 0.1) is 6.04 Å². The predicted molar refractivity (Wildman–Crippen MR) is 131 cm³/mol. The molecule has 1 spiro atoms. The van der Waals surface area contributed by atoms with E-state index in [1.54, 1.807) is 17.4 Å². The van der Waals surface area contributed by atoms with Crippen LogP contribution in [0.4, 0.5) is 4.79 Å². The van der Waals surface area contributed by atoms with Crippen LogP contribution in [0, 0.1) is 5.41 Å². The van der Waals surface area contributed by atoms with Crippen molar-refractivity contribution in [3.05, 3.63) is 28.5 Å². The van der Waals surface area contributed by atoms with E-state index in [-0.39, 0.29) is 35.3 Å². The summed E-state index contributed by atoms with van der Waals surface area (Å²) in [5.74, 6) is 0.359. The van der Waals surface area contributed by atoms with Crippen molar-refractivity contribution in [3.63, 3.8) is 0 Å². The number of nitrogens with zero attached hydrogens (tertiary/aromatic N) is 2. The minimum atomic E-state index is -0.0735. The van der Waals surface area contributed by atoms with E-state index < -0.39 is 0 Å². The first-order chi connectivity index (χ1) is 15.9. The van der Waals surface area contributed by atoms with Crippen molar-refractivity contribution < 1.29 is 14.4 Å². The maximum Gasteiger partial charge on any atom is 0.315 e. The molecule has 0 saturated carbocycles. The van der Waals surface area contributed by atoms with E-state index in [0.29, 0.717) is 6.42 Å². The maximum absolute atomic E-state index is 12.7. The number of thiophene rings is 1. The largest absolute Gasteiger partial charge is 0.342 e. The van der Waals surface area contributed by atoms with E-state index in [2.05, 4.69) is 15.5 Å². The number of piperidine rings is 1. The molecule has 7 nitrogen and oxygen atoms in total. The van der Waals surface area contributed by atoms with Crippen molar-refractivity contribution in [1.29, 1.82) is 0 Å². The second kappa shape index (κ2) is 10.7. The molecule has 2 atom stereocenters. The van der Waals surface area contributed by atoms with Gasteiger partial charge in [0.2, 0.25) is 11.8 Å². The van der Waals surface area contributed by atoms with Gasteiger partial charge in [-0.05, 0) is 72.9 Å². The zero-order valence-corrected chi connectivity index (χ0v) is 20.4. The molecule has 0 radical (unpaired) electrons. The number of carbonyl (C=O) groups is 3. The highest BCUT2D eigenvalue weighted by molar-refractivity contribution is 7.08. The Balaban J connectivity index is 1.13. The molecule has 0 aromatic carbocycles. The van der Waals surface area contributed by atoms with Gasteiger partial charge in [0.25, 0.3) is 0 Å². The zero-order valence-electron chi connectivity index (χ0n) is 19.6. The van der Waals surface area contributed by atoms with E-state index in [0.717, 1.165) is 76.7 Å². The molecule has 4 rings (SSSR count). The van der Waals surface area contributed by atoms with Crippen molar-refractivity contribution in [2.75, 3.05) is 26.2 Å². The van der Waals surface area contributed by atoms with Gasteiger partial charge in [-0.2, -0.15) is 11.3 Å². The lowest BCUT2D eigenvalue weighted by Gasteiger charge is -2.39. The Morgan fingerprint density at radius 3 is 2.55 bits per heavy atom. The third kappa shape index (κ3) is 6.16. The first-order valence-electron chi connectivity index (χ1n) is 12.3. The Hall–Kier alpha value is -2.35. The molecule has 180 valence electrons. The highest BCUT2D eigenvalue weighted by Crippen LogP contribution is 2.40. The summed E-state index contributed by atoms with van der Waals surface area (Å²) in [6, 6.07) is 2.32. The lowest BCUT2D eigenvalue weighted by molar-refractivity contribution is -0.132. The Kier molecular flexibility index (Phi) is 7.73. The molecule has 4 heterocycles. The number of unbranched alkanes of at least 4 members (excludes halogenated alkanes) is 2. The lowest BCUT2D eigenvalue weighted by atomic mass is 9.78. The van der Waals surface area contributed by atoms with Crippen molar-refractivity contribution in [3.8, 4) is 0 Å². The van der Waals surface area contributed by atoms with Crippen LogP contribution >= 0.6 is 11.3 Å². The van der Waals surface area contributed by atoms with E-state index >= 15 is 0 Å². The monoisotopic (exact) mass is 472 g/mol. The number of likely N-dealkylation sites (tertiary alicyclic amines) is 2. The van der Waals surface area contributed by atoms with E-state index in [4.69, 9.17) is 0 Å². The van der Waals surface area contributed by atoms with Crippen LogP contribution in [0.15, 0.2) is 22.9 Å². The van der Waals surface area contributed by atoms with Crippen molar-refractivity contribution in [2.24, 2.45) is 5.41 Å². The minimum absolute atomic E-state index is 0.0735. The Labute approximate surface area is 200 Å². The van der Waals surface area contributed by atoms with Crippen LogP contribution in [-0.2, 0) is 9.59 Å². The number of amides is 4. The summed E-state index contributed by atoms with van der Waals surface area (Å²) in [7, 11) is 0. The summed E-state index contributed by atoms with van der Waals surface area (Å²) in [4.78, 5) is 40.6. The first kappa shape index (κ1) is 23.8. The molecule has 0 unspecified atom stereocenters. The molecule has 0 aliphatic carbocycles. The fraction of sp³-hybridized carbons (Fsp3) is 0.640. The van der Waals surface area contributed by atoms with Gasteiger partial charge < -0.3 is 20.4 Å². The molecular formula is C25H36N4O3S. The summed E-state index contributed by atoms with van der Waals surface area (Å²) in [5, 5.41) is 9.87. The number of carbonyl (C=O) groups excluding carboxylic acids is 3. The average molecular weight is 473 g/mol. The molecule has 1 aromatic heterocycles. The first-order valence-corrected chi connectivity index (χ1v) is 13.2. The number of rotatable bonds is 8. The molecule has 3 saturated heterocycles. The molecule has 33 heavy (non-hydrogen) atoms.